The highest BCUT2D eigenvalue weighted by Gasteiger charge is 2.22. The highest BCUT2D eigenvalue weighted by molar-refractivity contribution is 7.26. The van der Waals surface area contributed by atoms with Gasteiger partial charge in [0.2, 0.25) is 0 Å². The highest BCUT2D eigenvalue weighted by atomic mass is 32.1. The number of nitrogens with one attached hydrogen (secondary N) is 1. The lowest BCUT2D eigenvalue weighted by Crippen LogP contribution is -2.36. The van der Waals surface area contributed by atoms with Gasteiger partial charge in [-0.05, 0) is 52.1 Å². The molecule has 0 spiro atoms. The van der Waals surface area contributed by atoms with Crippen LogP contribution in [0.4, 0.5) is 0 Å². The summed E-state index contributed by atoms with van der Waals surface area (Å²) < 4.78 is 2.52. The molecule has 1 N–H and O–H groups in total. The Hall–Kier alpha value is -5.32. The van der Waals surface area contributed by atoms with Crippen LogP contribution in [0.2, 0.25) is 0 Å². The van der Waals surface area contributed by atoms with Crippen molar-refractivity contribution in [3.05, 3.63) is 168 Å². The van der Waals surface area contributed by atoms with Gasteiger partial charge < -0.3 is 5.32 Å². The van der Waals surface area contributed by atoms with Crippen molar-refractivity contribution in [2.45, 2.75) is 6.17 Å². The van der Waals surface area contributed by atoms with Crippen LogP contribution in [0.5, 0.6) is 0 Å². The average molecular weight is 570 g/mol. The molecule has 1 unspecified atom stereocenters. The number of fused-ring (bicyclic) bond motifs is 3. The van der Waals surface area contributed by atoms with Gasteiger partial charge in [0.05, 0.1) is 0 Å². The van der Waals surface area contributed by atoms with E-state index >= 15 is 0 Å². The highest BCUT2D eigenvalue weighted by Crippen LogP contribution is 2.42. The summed E-state index contributed by atoms with van der Waals surface area (Å²) >= 11 is 1.83. The smallest absolute Gasteiger partial charge is 0.169 e. The van der Waals surface area contributed by atoms with Crippen molar-refractivity contribution in [2.75, 3.05) is 0 Å². The molecule has 0 bridgehead atoms. The minimum atomic E-state index is -0.337. The summed E-state index contributed by atoms with van der Waals surface area (Å²) in [6.45, 7) is 0. The summed E-state index contributed by atoms with van der Waals surface area (Å²) in [6.07, 6.45) is -0.337. The Morgan fingerprint density at radius 2 is 1.07 bits per heavy atom. The van der Waals surface area contributed by atoms with Crippen molar-refractivity contribution in [2.24, 2.45) is 9.98 Å². The Bertz CT molecular complexity index is 2150. The average Bonchev–Trinajstić information content (AvgIpc) is 3.47. The van der Waals surface area contributed by atoms with Crippen LogP contribution in [0.25, 0.3) is 42.4 Å². The zero-order valence-electron chi connectivity index (χ0n) is 23.3. The standard InChI is InChI=1S/C39H27N3S/c1-4-13-26(14-5-1)29-19-12-20-30(23-29)33-24-31(25-35-36(33)32-21-10-11-22-34(32)43-35)39-41-37(27-15-6-2-7-16-27)40-38(42-39)28-17-8-3-9-18-28/h1-25,37H,(H,40,41,42). The van der Waals surface area contributed by atoms with Gasteiger partial charge in [-0.1, -0.05) is 127 Å². The molecule has 0 fully saturated rings. The zero-order valence-corrected chi connectivity index (χ0v) is 24.1. The largest absolute Gasteiger partial charge is 0.324 e. The van der Waals surface area contributed by atoms with E-state index in [9.17, 15) is 0 Å². The first-order chi connectivity index (χ1) is 21.3. The molecule has 0 radical (unpaired) electrons. The van der Waals surface area contributed by atoms with Gasteiger partial charge in [-0.15, -0.1) is 11.3 Å². The van der Waals surface area contributed by atoms with E-state index in [4.69, 9.17) is 9.98 Å². The maximum absolute atomic E-state index is 5.18. The van der Waals surface area contributed by atoms with Gasteiger partial charge in [-0.25, -0.2) is 9.98 Å². The maximum Gasteiger partial charge on any atom is 0.169 e. The molecule has 204 valence electrons. The quantitative estimate of drug-likeness (QED) is 0.220. The minimum absolute atomic E-state index is 0.337. The Morgan fingerprint density at radius 1 is 0.465 bits per heavy atom. The molecule has 6 aromatic carbocycles. The van der Waals surface area contributed by atoms with Crippen LogP contribution >= 0.6 is 11.3 Å². The number of thiophene rings is 1. The number of hydrogen-bond acceptors (Lipinski definition) is 4. The Balaban J connectivity index is 1.33. The van der Waals surface area contributed by atoms with Gasteiger partial charge in [0, 0.05) is 31.3 Å². The number of benzene rings is 6. The fourth-order valence-electron chi connectivity index (χ4n) is 5.83. The van der Waals surface area contributed by atoms with E-state index in [1.807, 2.05) is 47.7 Å². The first-order valence-electron chi connectivity index (χ1n) is 14.4. The fraction of sp³-hybridized carbons (Fsp3) is 0.0256. The molecule has 8 rings (SSSR count). The molecule has 1 atom stereocenters. The number of nitrogens with zero attached hydrogens (tertiary/aromatic N) is 2. The van der Waals surface area contributed by atoms with Crippen molar-refractivity contribution < 1.29 is 0 Å². The molecule has 43 heavy (non-hydrogen) atoms. The third-order valence-corrected chi connectivity index (χ3v) is 9.03. The Kier molecular flexibility index (Phi) is 6.39. The molecule has 4 heteroatoms. The number of hydrogen-bond donors (Lipinski definition) is 1. The summed E-state index contributed by atoms with van der Waals surface area (Å²) in [7, 11) is 0. The van der Waals surface area contributed by atoms with Crippen LogP contribution < -0.4 is 5.32 Å². The van der Waals surface area contributed by atoms with Crippen LogP contribution in [0.3, 0.4) is 0 Å². The van der Waals surface area contributed by atoms with Crippen molar-refractivity contribution in [1.29, 1.82) is 0 Å². The van der Waals surface area contributed by atoms with Gasteiger partial charge in [0.1, 0.15) is 11.7 Å². The lowest BCUT2D eigenvalue weighted by molar-refractivity contribution is 0.756. The molecular weight excluding hydrogens is 543 g/mol. The molecule has 1 aromatic heterocycles. The first kappa shape index (κ1) is 25.4. The summed E-state index contributed by atoms with van der Waals surface area (Å²) in [5.41, 5.74) is 7.94. The zero-order chi connectivity index (χ0) is 28.6. The summed E-state index contributed by atoms with van der Waals surface area (Å²) in [5, 5.41) is 6.16. The normalized spacial score (nSPS) is 14.7. The predicted molar refractivity (Wildman–Crippen MR) is 182 cm³/mol. The summed E-state index contributed by atoms with van der Waals surface area (Å²) in [5.74, 6) is 1.64. The molecule has 1 aliphatic rings. The van der Waals surface area contributed by atoms with E-state index in [1.165, 1.54) is 42.4 Å². The second-order valence-electron chi connectivity index (χ2n) is 10.7. The monoisotopic (exact) mass is 569 g/mol. The molecular formula is C39H27N3S. The Morgan fingerprint density at radius 3 is 1.84 bits per heavy atom. The van der Waals surface area contributed by atoms with Gasteiger partial charge in [-0.3, -0.25) is 0 Å². The molecule has 7 aromatic rings. The molecule has 0 saturated carbocycles. The van der Waals surface area contributed by atoms with E-state index in [2.05, 4.69) is 121 Å². The van der Waals surface area contributed by atoms with Crippen LogP contribution in [-0.2, 0) is 0 Å². The summed E-state index contributed by atoms with van der Waals surface area (Å²) in [6, 6.07) is 53.3. The number of rotatable bonds is 5. The Labute approximate surface area is 254 Å². The summed E-state index contributed by atoms with van der Waals surface area (Å²) in [4.78, 5) is 10.2. The van der Waals surface area contributed by atoms with Gasteiger partial charge >= 0.3 is 0 Å². The van der Waals surface area contributed by atoms with Crippen molar-refractivity contribution >= 4 is 43.2 Å². The van der Waals surface area contributed by atoms with Crippen LogP contribution in [0.15, 0.2) is 162 Å². The minimum Gasteiger partial charge on any atom is -0.324 e. The second-order valence-corrected chi connectivity index (χ2v) is 11.8. The van der Waals surface area contributed by atoms with E-state index < -0.39 is 0 Å². The van der Waals surface area contributed by atoms with Crippen LogP contribution in [0.1, 0.15) is 22.9 Å². The van der Waals surface area contributed by atoms with Crippen LogP contribution in [0, 0.1) is 0 Å². The van der Waals surface area contributed by atoms with E-state index in [0.29, 0.717) is 0 Å². The van der Waals surface area contributed by atoms with Gasteiger partial charge in [0.25, 0.3) is 0 Å². The second kappa shape index (κ2) is 10.8. The lowest BCUT2D eigenvalue weighted by atomic mass is 9.94. The first-order valence-corrected chi connectivity index (χ1v) is 15.3. The van der Waals surface area contributed by atoms with Crippen molar-refractivity contribution in [3.63, 3.8) is 0 Å². The molecule has 0 amide bonds. The van der Waals surface area contributed by atoms with Gasteiger partial charge in [0.15, 0.2) is 6.17 Å². The van der Waals surface area contributed by atoms with Crippen molar-refractivity contribution in [3.8, 4) is 22.3 Å². The number of amidine groups is 2. The molecule has 2 heterocycles. The fourth-order valence-corrected chi connectivity index (χ4v) is 7.00. The molecule has 1 aliphatic heterocycles. The predicted octanol–water partition coefficient (Wildman–Crippen LogP) is 9.88. The van der Waals surface area contributed by atoms with E-state index in [-0.39, 0.29) is 6.17 Å². The maximum atomic E-state index is 5.18. The van der Waals surface area contributed by atoms with E-state index in [1.54, 1.807) is 0 Å². The molecule has 0 aliphatic carbocycles. The third kappa shape index (κ3) is 4.82. The topological polar surface area (TPSA) is 36.8 Å². The number of aliphatic imine (C=N–C) groups is 2. The lowest BCUT2D eigenvalue weighted by Gasteiger charge is -2.23. The van der Waals surface area contributed by atoms with Gasteiger partial charge in [-0.2, -0.15) is 0 Å². The van der Waals surface area contributed by atoms with Crippen LogP contribution in [-0.4, -0.2) is 11.7 Å². The molecule has 0 saturated heterocycles. The molecule has 3 nitrogen and oxygen atoms in total. The van der Waals surface area contributed by atoms with E-state index in [0.717, 1.165) is 28.4 Å². The third-order valence-electron chi connectivity index (χ3n) is 7.92. The van der Waals surface area contributed by atoms with Crippen molar-refractivity contribution in [1.82, 2.24) is 5.32 Å². The SMILES string of the molecule is c1ccc(C2=NC(c3ccccc3)N=C(c3cc(-c4cccc(-c5ccccc5)c4)c4c(c3)sc3ccccc34)N2)cc1.